The van der Waals surface area contributed by atoms with Gasteiger partial charge in [-0.3, -0.25) is 14.8 Å². The van der Waals surface area contributed by atoms with E-state index in [9.17, 15) is 18.0 Å². The summed E-state index contributed by atoms with van der Waals surface area (Å²) in [4.78, 5) is 29.6. The molecule has 230 valence electrons. The van der Waals surface area contributed by atoms with Crippen LogP contribution in [0.3, 0.4) is 0 Å². The van der Waals surface area contributed by atoms with E-state index in [0.29, 0.717) is 62.3 Å². The maximum absolute atomic E-state index is 14.2. The number of halogens is 3. The summed E-state index contributed by atoms with van der Waals surface area (Å²) in [5, 5.41) is 7.20. The summed E-state index contributed by atoms with van der Waals surface area (Å²) in [6.07, 6.45) is -0.542. The molecule has 2 saturated heterocycles. The van der Waals surface area contributed by atoms with E-state index in [1.807, 2.05) is 0 Å². The number of fused-ring (bicyclic) bond motifs is 2. The molecule has 2 aromatic heterocycles. The lowest BCUT2D eigenvalue weighted by atomic mass is 10.0. The summed E-state index contributed by atoms with van der Waals surface area (Å²) in [6, 6.07) is 2.72. The second-order valence-corrected chi connectivity index (χ2v) is 10.9. The molecule has 1 amide bonds. The van der Waals surface area contributed by atoms with Crippen LogP contribution in [0, 0.1) is 0 Å². The van der Waals surface area contributed by atoms with Crippen LogP contribution in [-0.2, 0) is 28.7 Å². The molecule has 0 radical (unpaired) electrons. The average molecular weight is 601 g/mol. The molecule has 2 fully saturated rings. The first kappa shape index (κ1) is 29.2. The Hall–Kier alpha value is -3.91. The van der Waals surface area contributed by atoms with Gasteiger partial charge in [0.25, 0.3) is 0 Å². The maximum Gasteiger partial charge on any atom is 0.418 e. The van der Waals surface area contributed by atoms with E-state index in [4.69, 9.17) is 19.4 Å². The standard InChI is InChI=1S/C29H35F3N8O3/c1-2-25(41)38-9-11-39(12-10-38)27-20-6-8-40(26-21-18-33-36-23(21)5-4-22(26)29(30,31)32)19-24(20)34-28(35-27)43-15-3-7-37-13-16-42-17-14-37/h2,4-5,18H,1,3,6-17,19H2,(H,33,36). The number of rotatable bonds is 8. The molecule has 3 aromatic rings. The molecule has 43 heavy (non-hydrogen) atoms. The van der Waals surface area contributed by atoms with Gasteiger partial charge in [-0.15, -0.1) is 0 Å². The molecule has 11 nitrogen and oxygen atoms in total. The Morgan fingerprint density at radius 3 is 2.60 bits per heavy atom. The van der Waals surface area contributed by atoms with Crippen LogP contribution in [0.2, 0.25) is 0 Å². The number of nitrogens with one attached hydrogen (secondary N) is 1. The van der Waals surface area contributed by atoms with Crippen LogP contribution in [0.5, 0.6) is 6.01 Å². The number of anilines is 2. The highest BCUT2D eigenvalue weighted by Gasteiger charge is 2.38. The second kappa shape index (κ2) is 12.4. The molecule has 1 aromatic carbocycles. The Bertz CT molecular complexity index is 1470. The van der Waals surface area contributed by atoms with Crippen molar-refractivity contribution in [2.45, 2.75) is 25.6 Å². The predicted octanol–water partition coefficient (Wildman–Crippen LogP) is 2.87. The van der Waals surface area contributed by atoms with Gasteiger partial charge < -0.3 is 24.2 Å². The summed E-state index contributed by atoms with van der Waals surface area (Å²) in [5.74, 6) is 0.606. The van der Waals surface area contributed by atoms with E-state index in [1.54, 1.807) is 9.80 Å². The van der Waals surface area contributed by atoms with Crippen molar-refractivity contribution in [3.05, 3.63) is 47.8 Å². The number of aromatic nitrogens is 4. The van der Waals surface area contributed by atoms with E-state index >= 15 is 0 Å². The predicted molar refractivity (Wildman–Crippen MR) is 154 cm³/mol. The van der Waals surface area contributed by atoms with Crippen LogP contribution >= 0.6 is 0 Å². The molecule has 0 aliphatic carbocycles. The lowest BCUT2D eigenvalue weighted by Gasteiger charge is -2.38. The first-order valence-electron chi connectivity index (χ1n) is 14.6. The van der Waals surface area contributed by atoms with Crippen LogP contribution in [0.15, 0.2) is 31.0 Å². The molecular formula is C29H35F3N8O3. The third-order valence-corrected chi connectivity index (χ3v) is 8.26. The Morgan fingerprint density at radius 1 is 1.07 bits per heavy atom. The van der Waals surface area contributed by atoms with Gasteiger partial charge in [0.15, 0.2) is 0 Å². The molecule has 0 atom stereocenters. The van der Waals surface area contributed by atoms with Crippen molar-refractivity contribution < 1.29 is 27.4 Å². The van der Waals surface area contributed by atoms with E-state index in [2.05, 4.69) is 26.6 Å². The molecular weight excluding hydrogens is 565 g/mol. The molecule has 6 rings (SSSR count). The van der Waals surface area contributed by atoms with Crippen LogP contribution in [-0.4, -0.2) is 108 Å². The number of amides is 1. The Balaban J connectivity index is 1.27. The monoisotopic (exact) mass is 600 g/mol. The number of aromatic amines is 1. The zero-order valence-electron chi connectivity index (χ0n) is 23.9. The minimum Gasteiger partial charge on any atom is -0.463 e. The fourth-order valence-electron chi connectivity index (χ4n) is 6.02. The van der Waals surface area contributed by atoms with Crippen LogP contribution in [0.4, 0.5) is 24.7 Å². The lowest BCUT2D eigenvalue weighted by molar-refractivity contribution is -0.137. The van der Waals surface area contributed by atoms with Gasteiger partial charge in [0.1, 0.15) is 5.82 Å². The Labute approximate surface area is 247 Å². The zero-order chi connectivity index (χ0) is 30.0. The van der Waals surface area contributed by atoms with Crippen molar-refractivity contribution in [1.82, 2.24) is 30.0 Å². The van der Waals surface area contributed by atoms with E-state index in [0.717, 1.165) is 56.7 Å². The number of hydrogen-bond acceptors (Lipinski definition) is 9. The van der Waals surface area contributed by atoms with Gasteiger partial charge >= 0.3 is 12.2 Å². The number of carbonyl (C=O) groups excluding carboxylic acids is 1. The largest absolute Gasteiger partial charge is 0.463 e. The van der Waals surface area contributed by atoms with E-state index in [-0.39, 0.29) is 24.1 Å². The van der Waals surface area contributed by atoms with Crippen LogP contribution < -0.4 is 14.5 Å². The summed E-state index contributed by atoms with van der Waals surface area (Å²) >= 11 is 0. The summed E-state index contributed by atoms with van der Waals surface area (Å²) in [6.45, 7) is 10.8. The van der Waals surface area contributed by atoms with Crippen LogP contribution in [0.25, 0.3) is 10.9 Å². The first-order valence-corrected chi connectivity index (χ1v) is 14.6. The molecule has 0 bridgehead atoms. The van der Waals surface area contributed by atoms with Gasteiger partial charge in [-0.2, -0.15) is 28.2 Å². The van der Waals surface area contributed by atoms with Crippen molar-refractivity contribution >= 4 is 28.3 Å². The van der Waals surface area contributed by atoms with E-state index in [1.165, 1.54) is 18.3 Å². The normalized spacial score (nSPS) is 18.2. The number of hydrogen-bond donors (Lipinski definition) is 1. The number of morpholine rings is 1. The third kappa shape index (κ3) is 6.25. The third-order valence-electron chi connectivity index (χ3n) is 8.26. The molecule has 5 heterocycles. The lowest BCUT2D eigenvalue weighted by Crippen LogP contribution is -2.49. The SMILES string of the molecule is C=CC(=O)N1CCN(c2nc(OCCCN3CCOCC3)nc3c2CCN(c2c(C(F)(F)F)ccc4[nH]ncc24)C3)CC1. The van der Waals surface area contributed by atoms with Crippen molar-refractivity contribution in [3.8, 4) is 6.01 Å². The highest BCUT2D eigenvalue weighted by atomic mass is 19.4. The second-order valence-electron chi connectivity index (χ2n) is 10.9. The highest BCUT2D eigenvalue weighted by molar-refractivity contribution is 5.94. The van der Waals surface area contributed by atoms with Crippen molar-refractivity contribution in [2.75, 3.05) is 82.0 Å². The first-order chi connectivity index (χ1) is 20.8. The zero-order valence-corrected chi connectivity index (χ0v) is 23.9. The minimum absolute atomic E-state index is 0.0918. The number of alkyl halides is 3. The molecule has 0 spiro atoms. The molecule has 3 aliphatic rings. The molecule has 0 unspecified atom stereocenters. The average Bonchev–Trinajstić information content (AvgIpc) is 3.51. The van der Waals surface area contributed by atoms with Crippen molar-refractivity contribution in [1.29, 1.82) is 0 Å². The molecule has 3 aliphatic heterocycles. The maximum atomic E-state index is 14.2. The van der Waals surface area contributed by atoms with Crippen molar-refractivity contribution in [2.24, 2.45) is 0 Å². The minimum atomic E-state index is -4.53. The van der Waals surface area contributed by atoms with Crippen LogP contribution in [0.1, 0.15) is 23.2 Å². The van der Waals surface area contributed by atoms with Gasteiger partial charge in [0.05, 0.1) is 55.0 Å². The highest BCUT2D eigenvalue weighted by Crippen LogP contribution is 2.42. The number of H-pyrrole nitrogens is 1. The van der Waals surface area contributed by atoms with Gasteiger partial charge in [0.2, 0.25) is 5.91 Å². The summed E-state index contributed by atoms with van der Waals surface area (Å²) in [5.41, 5.74) is 1.45. The molecule has 1 N–H and O–H groups in total. The van der Waals surface area contributed by atoms with Gasteiger partial charge in [0, 0.05) is 63.3 Å². The smallest absolute Gasteiger partial charge is 0.418 e. The Kier molecular flexibility index (Phi) is 8.39. The fraction of sp³-hybridized carbons (Fsp3) is 0.517. The van der Waals surface area contributed by atoms with Gasteiger partial charge in [-0.25, -0.2) is 0 Å². The number of nitrogens with zero attached hydrogens (tertiary/aromatic N) is 7. The number of carbonyl (C=O) groups is 1. The fourth-order valence-corrected chi connectivity index (χ4v) is 6.02. The van der Waals surface area contributed by atoms with Gasteiger partial charge in [-0.1, -0.05) is 6.58 Å². The van der Waals surface area contributed by atoms with Gasteiger partial charge in [-0.05, 0) is 31.1 Å². The van der Waals surface area contributed by atoms with Crippen molar-refractivity contribution in [3.63, 3.8) is 0 Å². The number of piperazine rings is 1. The van der Waals surface area contributed by atoms with E-state index < -0.39 is 11.7 Å². The summed E-state index contributed by atoms with van der Waals surface area (Å²) < 4.78 is 54.0. The number of benzene rings is 1. The topological polar surface area (TPSA) is 103 Å². The quantitative estimate of drug-likeness (QED) is 0.309. The summed E-state index contributed by atoms with van der Waals surface area (Å²) in [7, 11) is 0. The Morgan fingerprint density at radius 2 is 1.86 bits per heavy atom. The number of ether oxygens (including phenoxy) is 2. The molecule has 14 heteroatoms. The molecule has 0 saturated carbocycles.